The molecule has 2 fully saturated rings. The van der Waals surface area contributed by atoms with E-state index in [2.05, 4.69) is 0 Å². The average Bonchev–Trinajstić information content (AvgIpc) is 3.73. The number of hydrogen-bond donors (Lipinski definition) is 2. The van der Waals surface area contributed by atoms with E-state index in [-0.39, 0.29) is 106 Å². The van der Waals surface area contributed by atoms with Crippen molar-refractivity contribution < 1.29 is 104 Å². The van der Waals surface area contributed by atoms with Crippen LogP contribution in [0.5, 0.6) is 0 Å². The smallest absolute Gasteiger partial charge is 0.0540 e. The van der Waals surface area contributed by atoms with Gasteiger partial charge in [-0.25, -0.2) is 36.4 Å². The molecule has 0 heterocycles. The molecule has 220 valence electrons. The van der Waals surface area contributed by atoms with Gasteiger partial charge in [0.05, 0.1) is 12.2 Å². The first-order chi connectivity index (χ1) is 16.8. The van der Waals surface area contributed by atoms with E-state index in [9.17, 15) is 0 Å². The third-order valence-corrected chi connectivity index (χ3v) is 5.37. The SMILES string of the molecule is OC1CCCCC1.OC1CCCCC1.[Yb].[Yb].[cH-]1[cH-][cH-][cH-][cH-]1.c1cc[cH-]c1.c1cc[cH-]c1.c1cc[cH-]c1. The summed E-state index contributed by atoms with van der Waals surface area (Å²) < 4.78 is 0. The second-order valence-corrected chi connectivity index (χ2v) is 8.43. The summed E-state index contributed by atoms with van der Waals surface area (Å²) >= 11 is 0. The Bertz CT molecular complexity index is 561. The molecule has 0 spiro atoms. The van der Waals surface area contributed by atoms with Crippen molar-refractivity contribution in [2.24, 2.45) is 0 Å². The molecule has 0 aliphatic heterocycles. The molecule has 0 saturated heterocycles. The molecule has 2 aliphatic rings. The summed E-state index contributed by atoms with van der Waals surface area (Å²) in [4.78, 5) is 0. The van der Waals surface area contributed by atoms with Gasteiger partial charge in [0.1, 0.15) is 0 Å². The second kappa shape index (κ2) is 31.6. The molecule has 2 aliphatic carbocycles. The Morgan fingerprint density at radius 3 is 0.722 bits per heavy atom. The molecular weight excluding hydrogens is 762 g/mol. The molecule has 0 radical (unpaired) electrons. The van der Waals surface area contributed by atoms with Gasteiger partial charge >= 0.3 is 0 Å². The first kappa shape index (κ1) is 38.5. The number of aliphatic hydroxyl groups is 2. The topological polar surface area (TPSA) is 40.5 Å². The van der Waals surface area contributed by atoms with E-state index in [0.717, 1.165) is 25.7 Å². The molecule has 36 heavy (non-hydrogen) atoms. The molecule has 0 bridgehead atoms. The van der Waals surface area contributed by atoms with Crippen molar-refractivity contribution in [3.63, 3.8) is 0 Å². The predicted octanol–water partition coefficient (Wildman–Crippen LogP) is 8.24. The minimum atomic E-state index is 0. The van der Waals surface area contributed by atoms with Crippen molar-refractivity contribution in [1.29, 1.82) is 0 Å². The molecular formula is C32H44O2Yb2-8. The fraction of sp³-hybridized carbons (Fsp3) is 0.375. The first-order valence-electron chi connectivity index (χ1n) is 12.8. The van der Waals surface area contributed by atoms with E-state index in [1.54, 1.807) is 0 Å². The molecule has 4 aromatic carbocycles. The Hall–Kier alpha value is 0.359. The Balaban J connectivity index is 0. The van der Waals surface area contributed by atoms with Crippen LogP contribution in [0, 0.1) is 93.8 Å². The van der Waals surface area contributed by atoms with Crippen molar-refractivity contribution >= 4 is 0 Å². The van der Waals surface area contributed by atoms with Crippen molar-refractivity contribution in [2.45, 2.75) is 76.4 Å². The molecule has 0 unspecified atom stereocenters. The van der Waals surface area contributed by atoms with Gasteiger partial charge in [-0.15, -0.1) is 0 Å². The zero-order valence-corrected chi connectivity index (χ0v) is 24.6. The van der Waals surface area contributed by atoms with Crippen LogP contribution in [0.1, 0.15) is 64.2 Å². The van der Waals surface area contributed by atoms with Crippen LogP contribution in [-0.2, 0) is 0 Å². The van der Waals surface area contributed by atoms with E-state index in [1.807, 2.05) is 121 Å². The zero-order chi connectivity index (χ0) is 24.4. The minimum Gasteiger partial charge on any atom is -0.748 e. The van der Waals surface area contributed by atoms with E-state index >= 15 is 0 Å². The van der Waals surface area contributed by atoms with Crippen LogP contribution in [-0.4, -0.2) is 22.4 Å². The van der Waals surface area contributed by atoms with Gasteiger partial charge in [0.15, 0.2) is 0 Å². The van der Waals surface area contributed by atoms with Gasteiger partial charge in [0.25, 0.3) is 0 Å². The van der Waals surface area contributed by atoms with Crippen LogP contribution in [0.4, 0.5) is 0 Å². The Labute approximate surface area is 297 Å². The summed E-state index contributed by atoms with van der Waals surface area (Å²) in [6.07, 6.45) is 11.8. The van der Waals surface area contributed by atoms with Gasteiger partial charge in [-0.05, 0) is 25.7 Å². The molecule has 2 nitrogen and oxygen atoms in total. The molecule has 2 saturated carbocycles. The van der Waals surface area contributed by atoms with Crippen molar-refractivity contribution in [3.05, 3.63) is 121 Å². The molecule has 4 heteroatoms. The van der Waals surface area contributed by atoms with Crippen molar-refractivity contribution in [2.75, 3.05) is 0 Å². The monoisotopic (exact) mass is 808 g/mol. The normalized spacial score (nSPS) is 14.3. The molecule has 6 rings (SSSR count). The maximum absolute atomic E-state index is 8.91. The summed E-state index contributed by atoms with van der Waals surface area (Å²) in [6, 6.07) is 40.0. The fourth-order valence-electron chi connectivity index (χ4n) is 3.45. The van der Waals surface area contributed by atoms with Crippen LogP contribution in [0.3, 0.4) is 0 Å². The van der Waals surface area contributed by atoms with Gasteiger partial charge < -0.3 is 40.5 Å². The summed E-state index contributed by atoms with van der Waals surface area (Å²) in [7, 11) is 0. The maximum Gasteiger partial charge on any atom is 0.0540 e. The van der Waals surface area contributed by atoms with E-state index in [1.165, 1.54) is 38.5 Å². The van der Waals surface area contributed by atoms with Crippen molar-refractivity contribution in [1.82, 2.24) is 0 Å². The van der Waals surface area contributed by atoms with Crippen LogP contribution < -0.4 is 0 Å². The molecule has 4 aromatic rings. The molecule has 0 amide bonds. The fourth-order valence-corrected chi connectivity index (χ4v) is 3.45. The molecule has 0 atom stereocenters. The van der Waals surface area contributed by atoms with E-state index in [4.69, 9.17) is 10.2 Å². The van der Waals surface area contributed by atoms with Crippen LogP contribution in [0.25, 0.3) is 0 Å². The van der Waals surface area contributed by atoms with Crippen LogP contribution in [0.15, 0.2) is 121 Å². The quantitative estimate of drug-likeness (QED) is 0.176. The van der Waals surface area contributed by atoms with E-state index in [0.29, 0.717) is 0 Å². The van der Waals surface area contributed by atoms with Gasteiger partial charge in [-0.3, -0.25) is 0 Å². The predicted molar refractivity (Wildman–Crippen MR) is 146 cm³/mol. The van der Waals surface area contributed by atoms with Crippen LogP contribution >= 0.6 is 0 Å². The number of aliphatic hydroxyl groups excluding tert-OH is 2. The van der Waals surface area contributed by atoms with Gasteiger partial charge in [-0.1, -0.05) is 38.5 Å². The van der Waals surface area contributed by atoms with Crippen molar-refractivity contribution in [3.8, 4) is 0 Å². The summed E-state index contributed by atoms with van der Waals surface area (Å²) in [5, 5.41) is 17.8. The average molecular weight is 807 g/mol. The van der Waals surface area contributed by atoms with E-state index < -0.39 is 0 Å². The second-order valence-electron chi connectivity index (χ2n) is 8.43. The van der Waals surface area contributed by atoms with Gasteiger partial charge in [0, 0.05) is 93.8 Å². The third-order valence-electron chi connectivity index (χ3n) is 5.37. The summed E-state index contributed by atoms with van der Waals surface area (Å²) in [6.45, 7) is 0. The third kappa shape index (κ3) is 28.9. The first-order valence-corrected chi connectivity index (χ1v) is 12.8. The maximum atomic E-state index is 8.91. The molecule has 2 N–H and O–H groups in total. The van der Waals surface area contributed by atoms with Crippen LogP contribution in [0.2, 0.25) is 0 Å². The zero-order valence-electron chi connectivity index (χ0n) is 21.2. The standard InChI is InChI=1S/2C6H12O.4C5H5.2Yb/c2*7-6-4-2-1-3-5-6;4*1-2-4-5-3-1;;/h2*6-7H,1-5H2;4*1-5H;;/q;;-5;3*-1;;. The number of hydrogen-bond acceptors (Lipinski definition) is 2. The Morgan fingerprint density at radius 2 is 0.611 bits per heavy atom. The summed E-state index contributed by atoms with van der Waals surface area (Å²) in [5.74, 6) is 0. The summed E-state index contributed by atoms with van der Waals surface area (Å²) in [5.41, 5.74) is 0. The van der Waals surface area contributed by atoms with Gasteiger partial charge in [0.2, 0.25) is 0 Å². The number of rotatable bonds is 0. The molecule has 0 aromatic heterocycles. The Morgan fingerprint density at radius 1 is 0.389 bits per heavy atom. The largest absolute Gasteiger partial charge is 0.748 e. The van der Waals surface area contributed by atoms with Gasteiger partial charge in [-0.2, -0.15) is 54.6 Å². The Kier molecular flexibility index (Phi) is 33.8. The minimum absolute atomic E-state index is 0.